The van der Waals surface area contributed by atoms with Crippen molar-refractivity contribution in [2.45, 2.75) is 37.8 Å². The van der Waals surface area contributed by atoms with E-state index in [0.717, 1.165) is 19.3 Å². The van der Waals surface area contributed by atoms with E-state index in [2.05, 4.69) is 10.6 Å². The molecule has 0 heterocycles. The Bertz CT molecular complexity index is 746. The third kappa shape index (κ3) is 4.82. The maximum absolute atomic E-state index is 13.3. The quantitative estimate of drug-likeness (QED) is 0.851. The summed E-state index contributed by atoms with van der Waals surface area (Å²) in [6.45, 7) is 0. The molecule has 2 N–H and O–H groups in total. The first-order valence-corrected chi connectivity index (χ1v) is 9.02. The van der Waals surface area contributed by atoms with E-state index in [9.17, 15) is 14.0 Å². The van der Waals surface area contributed by atoms with E-state index in [-0.39, 0.29) is 23.9 Å². The van der Waals surface area contributed by atoms with Gasteiger partial charge in [0.15, 0.2) is 0 Å². The molecule has 2 aromatic carbocycles. The molecule has 1 aliphatic rings. The topological polar surface area (TPSA) is 58.2 Å². The Hall–Kier alpha value is -2.40. The van der Waals surface area contributed by atoms with Crippen molar-refractivity contribution in [1.29, 1.82) is 0 Å². The molecule has 26 heavy (non-hydrogen) atoms. The Balaban J connectivity index is 1.57. The zero-order valence-corrected chi connectivity index (χ0v) is 14.9. The number of amides is 2. The largest absolute Gasteiger partial charge is 0.349 e. The summed E-state index contributed by atoms with van der Waals surface area (Å²) in [6.07, 6.45) is 3.24. The second-order valence-corrected chi connectivity index (χ2v) is 6.96. The van der Waals surface area contributed by atoms with Crippen molar-refractivity contribution >= 4 is 23.4 Å². The molecule has 2 aromatic rings. The molecule has 2 amide bonds. The van der Waals surface area contributed by atoms with Crippen LogP contribution in [0.25, 0.3) is 0 Å². The molecule has 6 heteroatoms. The number of hydrogen-bond donors (Lipinski definition) is 2. The summed E-state index contributed by atoms with van der Waals surface area (Å²) < 4.78 is 13.3. The number of hydrogen-bond acceptors (Lipinski definition) is 2. The highest BCUT2D eigenvalue weighted by Gasteiger charge is 2.25. The Morgan fingerprint density at radius 1 is 0.923 bits per heavy atom. The molecule has 0 saturated heterocycles. The highest BCUT2D eigenvalue weighted by Crippen LogP contribution is 2.20. The van der Waals surface area contributed by atoms with Crippen LogP contribution in [0.15, 0.2) is 48.5 Å². The summed E-state index contributed by atoms with van der Waals surface area (Å²) in [5, 5.41) is 6.46. The van der Waals surface area contributed by atoms with Crippen molar-refractivity contribution in [2.75, 3.05) is 0 Å². The second-order valence-electron chi connectivity index (χ2n) is 6.53. The van der Waals surface area contributed by atoms with Crippen LogP contribution in [-0.4, -0.2) is 23.9 Å². The summed E-state index contributed by atoms with van der Waals surface area (Å²) in [5.41, 5.74) is 0.818. The molecule has 0 bridgehead atoms. The van der Waals surface area contributed by atoms with Crippen molar-refractivity contribution in [1.82, 2.24) is 10.6 Å². The van der Waals surface area contributed by atoms with E-state index >= 15 is 0 Å². The molecule has 1 fully saturated rings. The van der Waals surface area contributed by atoms with Crippen molar-refractivity contribution in [3.05, 3.63) is 70.5 Å². The van der Waals surface area contributed by atoms with Crippen molar-refractivity contribution in [3.8, 4) is 0 Å². The highest BCUT2D eigenvalue weighted by molar-refractivity contribution is 6.30. The van der Waals surface area contributed by atoms with Gasteiger partial charge in [-0.25, -0.2) is 4.39 Å². The lowest BCUT2D eigenvalue weighted by molar-refractivity contribution is 0.0902. The minimum Gasteiger partial charge on any atom is -0.349 e. The van der Waals surface area contributed by atoms with E-state index in [4.69, 9.17) is 11.6 Å². The fraction of sp³-hybridized carbons (Fsp3) is 0.300. The molecule has 4 nitrogen and oxygen atoms in total. The Kier molecular flexibility index (Phi) is 5.89. The fourth-order valence-electron chi connectivity index (χ4n) is 3.25. The standard InChI is InChI=1S/C20H20ClFN2O2/c21-15-6-1-4-13(10-15)19(25)23-17-8-3-9-18(12-17)24-20(26)14-5-2-7-16(22)11-14/h1-2,4-7,10-11,17-18H,3,8-9,12H2,(H,23,25)(H,24,26)/t17-,18-/m0/s1. The van der Waals surface area contributed by atoms with E-state index < -0.39 is 5.82 Å². The Morgan fingerprint density at radius 3 is 2.08 bits per heavy atom. The monoisotopic (exact) mass is 374 g/mol. The molecule has 0 spiro atoms. The van der Waals surface area contributed by atoms with E-state index in [1.165, 1.54) is 18.2 Å². The molecule has 0 unspecified atom stereocenters. The smallest absolute Gasteiger partial charge is 0.251 e. The molecular formula is C20H20ClFN2O2. The molecule has 0 aliphatic heterocycles. The van der Waals surface area contributed by atoms with Gasteiger partial charge in [-0.1, -0.05) is 23.7 Å². The van der Waals surface area contributed by atoms with Gasteiger partial charge in [0.1, 0.15) is 5.82 Å². The second kappa shape index (κ2) is 8.32. The number of benzene rings is 2. The Morgan fingerprint density at radius 2 is 1.50 bits per heavy atom. The van der Waals surface area contributed by atoms with Crippen LogP contribution < -0.4 is 10.6 Å². The highest BCUT2D eigenvalue weighted by atomic mass is 35.5. The number of nitrogens with one attached hydrogen (secondary N) is 2. The first kappa shape index (κ1) is 18.4. The van der Waals surface area contributed by atoms with Gasteiger partial charge >= 0.3 is 0 Å². The van der Waals surface area contributed by atoms with Gasteiger partial charge in [0, 0.05) is 28.2 Å². The van der Waals surface area contributed by atoms with Gasteiger partial charge in [0.05, 0.1) is 0 Å². The van der Waals surface area contributed by atoms with Crippen molar-refractivity contribution in [2.24, 2.45) is 0 Å². The van der Waals surface area contributed by atoms with Gasteiger partial charge in [-0.15, -0.1) is 0 Å². The first-order chi connectivity index (χ1) is 12.5. The van der Waals surface area contributed by atoms with Crippen LogP contribution in [-0.2, 0) is 0 Å². The van der Waals surface area contributed by atoms with Gasteiger partial charge < -0.3 is 10.6 Å². The number of rotatable bonds is 4. The molecule has 136 valence electrons. The van der Waals surface area contributed by atoms with Crippen LogP contribution in [0, 0.1) is 5.82 Å². The zero-order chi connectivity index (χ0) is 18.5. The van der Waals surface area contributed by atoms with Crippen LogP contribution in [0.3, 0.4) is 0 Å². The van der Waals surface area contributed by atoms with Gasteiger partial charge in [-0.2, -0.15) is 0 Å². The number of halogens is 2. The van der Waals surface area contributed by atoms with E-state index in [1.54, 1.807) is 30.3 Å². The average molecular weight is 375 g/mol. The average Bonchev–Trinajstić information content (AvgIpc) is 2.62. The maximum atomic E-state index is 13.3. The van der Waals surface area contributed by atoms with Gasteiger partial charge in [-0.3, -0.25) is 9.59 Å². The van der Waals surface area contributed by atoms with E-state index in [0.29, 0.717) is 22.6 Å². The third-order valence-electron chi connectivity index (χ3n) is 4.52. The van der Waals surface area contributed by atoms with Gasteiger partial charge in [-0.05, 0) is 62.1 Å². The summed E-state index contributed by atoms with van der Waals surface area (Å²) in [7, 11) is 0. The lowest BCUT2D eigenvalue weighted by atomic mass is 9.90. The van der Waals surface area contributed by atoms with Gasteiger partial charge in [0.25, 0.3) is 11.8 Å². The molecule has 1 saturated carbocycles. The summed E-state index contributed by atoms with van der Waals surface area (Å²) in [4.78, 5) is 24.6. The van der Waals surface area contributed by atoms with Gasteiger partial charge in [0.2, 0.25) is 0 Å². The number of carbonyl (C=O) groups is 2. The third-order valence-corrected chi connectivity index (χ3v) is 4.75. The summed E-state index contributed by atoms with van der Waals surface area (Å²) in [6, 6.07) is 12.3. The summed E-state index contributed by atoms with van der Waals surface area (Å²) >= 11 is 5.93. The normalized spacial score (nSPS) is 19.6. The summed E-state index contributed by atoms with van der Waals surface area (Å²) in [5.74, 6) is -0.904. The molecule has 0 aromatic heterocycles. The number of carbonyl (C=O) groups excluding carboxylic acids is 2. The van der Waals surface area contributed by atoms with Crippen LogP contribution >= 0.6 is 11.6 Å². The molecule has 2 atom stereocenters. The molecular weight excluding hydrogens is 355 g/mol. The predicted octanol–water partition coefficient (Wildman–Crippen LogP) is 3.95. The molecule has 1 aliphatic carbocycles. The van der Waals surface area contributed by atoms with Crippen LogP contribution in [0.1, 0.15) is 46.4 Å². The minimum absolute atomic E-state index is 0.0203. The SMILES string of the molecule is O=C(N[C@H]1CCC[C@H](NC(=O)c2cccc(Cl)c2)C1)c1cccc(F)c1. The lowest BCUT2D eigenvalue weighted by Crippen LogP contribution is -2.45. The first-order valence-electron chi connectivity index (χ1n) is 8.64. The van der Waals surface area contributed by atoms with Crippen LogP contribution in [0.2, 0.25) is 5.02 Å². The Labute approximate surface area is 156 Å². The van der Waals surface area contributed by atoms with Crippen LogP contribution in [0.5, 0.6) is 0 Å². The fourth-order valence-corrected chi connectivity index (χ4v) is 3.44. The molecule has 3 rings (SSSR count). The van der Waals surface area contributed by atoms with Crippen molar-refractivity contribution < 1.29 is 14.0 Å². The minimum atomic E-state index is -0.437. The predicted molar refractivity (Wildman–Crippen MR) is 98.8 cm³/mol. The molecule has 0 radical (unpaired) electrons. The van der Waals surface area contributed by atoms with E-state index in [1.807, 2.05) is 0 Å². The maximum Gasteiger partial charge on any atom is 0.251 e. The van der Waals surface area contributed by atoms with Crippen LogP contribution in [0.4, 0.5) is 4.39 Å². The zero-order valence-electron chi connectivity index (χ0n) is 14.2. The van der Waals surface area contributed by atoms with Crippen molar-refractivity contribution in [3.63, 3.8) is 0 Å². The lowest BCUT2D eigenvalue weighted by Gasteiger charge is -2.30.